The molecule has 0 radical (unpaired) electrons. The van der Waals surface area contributed by atoms with Crippen molar-refractivity contribution in [1.29, 1.82) is 0 Å². The number of esters is 1. The van der Waals surface area contributed by atoms with Gasteiger partial charge in [0, 0.05) is 29.6 Å². The minimum atomic E-state index is -0.644. The lowest BCUT2D eigenvalue weighted by molar-refractivity contribution is 0.0601. The number of methoxy groups -OCH3 is 1. The zero-order chi connectivity index (χ0) is 20.5. The van der Waals surface area contributed by atoms with Gasteiger partial charge >= 0.3 is 5.97 Å². The number of nitrogens with zero attached hydrogens (tertiary/aromatic N) is 2. The maximum absolute atomic E-state index is 14.6. The third-order valence-electron chi connectivity index (χ3n) is 5.51. The number of hydrogen-bond donors (Lipinski definition) is 0. The van der Waals surface area contributed by atoms with Crippen LogP contribution in [-0.4, -0.2) is 30.6 Å². The average Bonchev–Trinajstić information content (AvgIpc) is 2.72. The van der Waals surface area contributed by atoms with Crippen LogP contribution in [0, 0.1) is 11.6 Å². The summed E-state index contributed by atoms with van der Waals surface area (Å²) in [6.45, 7) is 2.97. The van der Waals surface area contributed by atoms with Crippen LogP contribution in [0.5, 0.6) is 0 Å². The second-order valence-electron chi connectivity index (χ2n) is 7.42. The number of hydrogen-bond acceptors (Lipinski definition) is 4. The molecule has 3 aromatic rings. The Balaban J connectivity index is 1.94. The van der Waals surface area contributed by atoms with E-state index < -0.39 is 17.6 Å². The van der Waals surface area contributed by atoms with Crippen LogP contribution in [0.2, 0.25) is 0 Å². The zero-order valence-electron chi connectivity index (χ0n) is 16.4. The second kappa shape index (κ2) is 7.78. The van der Waals surface area contributed by atoms with Crippen LogP contribution in [0.4, 0.5) is 14.5 Å². The molecule has 150 valence electrons. The lowest BCUT2D eigenvalue weighted by atomic mass is 9.99. The Hall–Kier alpha value is -3.02. The monoisotopic (exact) mass is 396 g/mol. The molecule has 1 atom stereocenters. The van der Waals surface area contributed by atoms with Gasteiger partial charge in [0.15, 0.2) is 0 Å². The molecule has 6 heteroatoms. The molecule has 2 heterocycles. The number of rotatable bonds is 3. The molecule has 0 unspecified atom stereocenters. The summed E-state index contributed by atoms with van der Waals surface area (Å²) in [6, 6.07) is 10.9. The largest absolute Gasteiger partial charge is 0.465 e. The summed E-state index contributed by atoms with van der Waals surface area (Å²) >= 11 is 0. The van der Waals surface area contributed by atoms with Crippen LogP contribution >= 0.6 is 0 Å². The van der Waals surface area contributed by atoms with Crippen LogP contribution < -0.4 is 4.90 Å². The van der Waals surface area contributed by atoms with Crippen molar-refractivity contribution in [3.05, 3.63) is 59.7 Å². The van der Waals surface area contributed by atoms with Crippen LogP contribution in [0.25, 0.3) is 22.2 Å². The molecule has 4 nitrogen and oxygen atoms in total. The molecule has 0 N–H and O–H groups in total. The summed E-state index contributed by atoms with van der Waals surface area (Å²) in [6.07, 6.45) is 3.22. The Kier molecular flexibility index (Phi) is 5.18. The van der Waals surface area contributed by atoms with E-state index in [2.05, 4.69) is 11.8 Å². The standard InChI is InChI=1S/C23H22F2N2O2/c1-14-5-3-4-10-27(14)21-12-16-11-15(23(28)29-2)6-9-20(16)26-22(21)18-8-7-17(24)13-19(18)25/h6-9,11-14H,3-5,10H2,1-2H3/t14-/m0/s1. The van der Waals surface area contributed by atoms with Gasteiger partial charge in [-0.05, 0) is 62.6 Å². The molecule has 1 fully saturated rings. The Morgan fingerprint density at radius 3 is 2.69 bits per heavy atom. The first-order valence-corrected chi connectivity index (χ1v) is 9.73. The molecular formula is C23H22F2N2O2. The molecule has 0 bridgehead atoms. The first-order chi connectivity index (χ1) is 14.0. The lowest BCUT2D eigenvalue weighted by Gasteiger charge is -2.36. The van der Waals surface area contributed by atoms with Crippen LogP contribution in [0.15, 0.2) is 42.5 Å². The molecule has 1 aliphatic rings. The van der Waals surface area contributed by atoms with Gasteiger partial charge in [-0.15, -0.1) is 0 Å². The smallest absolute Gasteiger partial charge is 0.337 e. The van der Waals surface area contributed by atoms with Crippen LogP contribution in [-0.2, 0) is 4.74 Å². The molecule has 29 heavy (non-hydrogen) atoms. The van der Waals surface area contributed by atoms with Crippen molar-refractivity contribution in [1.82, 2.24) is 4.98 Å². The Bertz CT molecular complexity index is 1080. The fraction of sp³-hybridized carbons (Fsp3) is 0.304. The van der Waals surface area contributed by atoms with Crippen molar-refractivity contribution < 1.29 is 18.3 Å². The molecule has 0 saturated carbocycles. The number of pyridine rings is 1. The fourth-order valence-corrected chi connectivity index (χ4v) is 3.96. The normalized spacial score (nSPS) is 16.8. The van der Waals surface area contributed by atoms with Crippen molar-refractivity contribution in [2.24, 2.45) is 0 Å². The highest BCUT2D eigenvalue weighted by atomic mass is 19.1. The van der Waals surface area contributed by atoms with E-state index in [9.17, 15) is 13.6 Å². The predicted octanol–water partition coefficient (Wildman–Crippen LogP) is 5.35. The van der Waals surface area contributed by atoms with Crippen molar-refractivity contribution in [2.45, 2.75) is 32.2 Å². The molecule has 1 aromatic heterocycles. The van der Waals surface area contributed by atoms with Gasteiger partial charge in [-0.1, -0.05) is 0 Å². The van der Waals surface area contributed by atoms with Crippen molar-refractivity contribution in [3.63, 3.8) is 0 Å². The summed E-state index contributed by atoms with van der Waals surface area (Å²) < 4.78 is 32.9. The number of aromatic nitrogens is 1. The highest BCUT2D eigenvalue weighted by molar-refractivity contribution is 5.96. The molecule has 1 aliphatic heterocycles. The maximum Gasteiger partial charge on any atom is 0.337 e. The molecule has 0 amide bonds. The highest BCUT2D eigenvalue weighted by Gasteiger charge is 2.24. The van der Waals surface area contributed by atoms with E-state index in [1.54, 1.807) is 18.2 Å². The SMILES string of the molecule is COC(=O)c1ccc2nc(-c3ccc(F)cc3F)c(N3CCCC[C@@H]3C)cc2c1. The zero-order valence-corrected chi connectivity index (χ0v) is 16.4. The van der Waals surface area contributed by atoms with E-state index in [4.69, 9.17) is 9.72 Å². The molecule has 2 aromatic carbocycles. The Labute approximate surface area is 168 Å². The number of carbonyl (C=O) groups is 1. The molecule has 4 rings (SSSR count). The summed E-state index contributed by atoms with van der Waals surface area (Å²) in [7, 11) is 1.34. The van der Waals surface area contributed by atoms with Crippen molar-refractivity contribution in [2.75, 3.05) is 18.6 Å². The summed E-state index contributed by atoms with van der Waals surface area (Å²) in [5, 5.41) is 0.770. The number of halogens is 2. The number of benzene rings is 2. The Morgan fingerprint density at radius 1 is 1.14 bits per heavy atom. The van der Waals surface area contributed by atoms with Gasteiger partial charge < -0.3 is 9.64 Å². The second-order valence-corrected chi connectivity index (χ2v) is 7.42. The minimum Gasteiger partial charge on any atom is -0.465 e. The first-order valence-electron chi connectivity index (χ1n) is 9.73. The van der Waals surface area contributed by atoms with E-state index >= 15 is 0 Å². The lowest BCUT2D eigenvalue weighted by Crippen LogP contribution is -2.37. The van der Waals surface area contributed by atoms with Gasteiger partial charge in [-0.2, -0.15) is 0 Å². The van der Waals surface area contributed by atoms with Gasteiger partial charge in [0.25, 0.3) is 0 Å². The fourth-order valence-electron chi connectivity index (χ4n) is 3.96. The maximum atomic E-state index is 14.6. The number of piperidine rings is 1. The van der Waals surface area contributed by atoms with E-state index in [1.165, 1.54) is 19.2 Å². The third-order valence-corrected chi connectivity index (χ3v) is 5.51. The molecule has 0 aliphatic carbocycles. The van der Waals surface area contributed by atoms with Gasteiger partial charge in [0.05, 0.1) is 29.6 Å². The van der Waals surface area contributed by atoms with Gasteiger partial charge in [-0.25, -0.2) is 18.6 Å². The number of ether oxygens (including phenoxy) is 1. The predicted molar refractivity (Wildman–Crippen MR) is 109 cm³/mol. The summed E-state index contributed by atoms with van der Waals surface area (Å²) in [5.41, 5.74) is 2.59. The molecular weight excluding hydrogens is 374 g/mol. The number of carbonyl (C=O) groups excluding carboxylic acids is 1. The highest BCUT2D eigenvalue weighted by Crippen LogP contribution is 2.37. The van der Waals surface area contributed by atoms with Crippen LogP contribution in [0.1, 0.15) is 36.5 Å². The van der Waals surface area contributed by atoms with Crippen LogP contribution in [0.3, 0.4) is 0 Å². The van der Waals surface area contributed by atoms with Gasteiger partial charge in [0.1, 0.15) is 11.6 Å². The summed E-state index contributed by atoms with van der Waals surface area (Å²) in [4.78, 5) is 18.9. The molecule has 0 spiro atoms. The number of fused-ring (bicyclic) bond motifs is 1. The van der Waals surface area contributed by atoms with E-state index in [-0.39, 0.29) is 11.6 Å². The minimum absolute atomic E-state index is 0.262. The van der Waals surface area contributed by atoms with Crippen molar-refractivity contribution >= 4 is 22.6 Å². The Morgan fingerprint density at radius 2 is 1.97 bits per heavy atom. The van der Waals surface area contributed by atoms with Gasteiger partial charge in [0.2, 0.25) is 0 Å². The average molecular weight is 396 g/mol. The van der Waals surface area contributed by atoms with Crippen molar-refractivity contribution in [3.8, 4) is 11.3 Å². The quantitative estimate of drug-likeness (QED) is 0.560. The van der Waals surface area contributed by atoms with E-state index in [0.29, 0.717) is 16.8 Å². The topological polar surface area (TPSA) is 42.4 Å². The number of anilines is 1. The van der Waals surface area contributed by atoms with Gasteiger partial charge in [-0.3, -0.25) is 0 Å². The third kappa shape index (κ3) is 3.67. The van der Waals surface area contributed by atoms with E-state index in [0.717, 1.165) is 42.9 Å². The van der Waals surface area contributed by atoms with E-state index in [1.807, 2.05) is 6.07 Å². The first kappa shape index (κ1) is 19.3. The molecule has 1 saturated heterocycles. The summed E-state index contributed by atoms with van der Waals surface area (Å²) in [5.74, 6) is -1.69.